The molecule has 0 aliphatic carbocycles. The van der Waals surface area contributed by atoms with Crippen molar-refractivity contribution >= 4 is 5.90 Å². The van der Waals surface area contributed by atoms with Crippen LogP contribution in [0.3, 0.4) is 0 Å². The average molecular weight is 348 g/mol. The van der Waals surface area contributed by atoms with Crippen LogP contribution in [0.15, 0.2) is 24.3 Å². The van der Waals surface area contributed by atoms with E-state index in [0.29, 0.717) is 17.7 Å². The van der Waals surface area contributed by atoms with Gasteiger partial charge in [-0.15, -0.1) is 5.10 Å². The second-order valence-corrected chi connectivity index (χ2v) is 5.81. The average Bonchev–Trinajstić information content (AvgIpc) is 2.95. The molecule has 5 nitrogen and oxygen atoms in total. The molecule has 0 saturated heterocycles. The van der Waals surface area contributed by atoms with Crippen LogP contribution in [-0.4, -0.2) is 16.1 Å². The van der Waals surface area contributed by atoms with E-state index in [0.717, 1.165) is 12.5 Å². The number of halogens is 3. The number of aromatic nitrogens is 2. The molecule has 0 amide bonds. The molecule has 1 aromatic carbocycles. The van der Waals surface area contributed by atoms with Crippen molar-refractivity contribution in [3.8, 4) is 11.9 Å². The number of rotatable bonds is 3. The fraction of sp³-hybridized carbons (Fsp3) is 0.353. The van der Waals surface area contributed by atoms with Crippen LogP contribution in [0.1, 0.15) is 41.6 Å². The first-order valence-corrected chi connectivity index (χ1v) is 7.77. The number of ether oxygens (including phenoxy) is 1. The molecule has 1 aliphatic heterocycles. The summed E-state index contributed by atoms with van der Waals surface area (Å²) >= 11 is 0. The summed E-state index contributed by atoms with van der Waals surface area (Å²) in [4.78, 5) is 0. The van der Waals surface area contributed by atoms with Crippen LogP contribution in [0.4, 0.5) is 13.2 Å². The van der Waals surface area contributed by atoms with Crippen LogP contribution >= 0.6 is 0 Å². The van der Waals surface area contributed by atoms with Gasteiger partial charge in [-0.2, -0.15) is 18.4 Å². The van der Waals surface area contributed by atoms with E-state index in [4.69, 9.17) is 10.1 Å². The summed E-state index contributed by atoms with van der Waals surface area (Å²) in [6.45, 7) is 1.93. The molecule has 0 spiro atoms. The van der Waals surface area contributed by atoms with E-state index in [1.807, 2.05) is 13.0 Å². The minimum absolute atomic E-state index is 0.0467. The van der Waals surface area contributed by atoms with Gasteiger partial charge in [-0.25, -0.2) is 0 Å². The third-order valence-electron chi connectivity index (χ3n) is 4.22. The lowest BCUT2D eigenvalue weighted by Gasteiger charge is -2.29. The van der Waals surface area contributed by atoms with Gasteiger partial charge in [-0.05, 0) is 18.1 Å². The minimum atomic E-state index is -4.56. The highest BCUT2D eigenvalue weighted by Crippen LogP contribution is 2.46. The summed E-state index contributed by atoms with van der Waals surface area (Å²) < 4.78 is 45.7. The first-order chi connectivity index (χ1) is 11.9. The largest absolute Gasteiger partial charge is 0.422 e. The second kappa shape index (κ2) is 6.24. The Morgan fingerprint density at radius 1 is 1.36 bits per heavy atom. The maximum Gasteiger partial charge on any atom is 0.416 e. The molecule has 2 heterocycles. The molecular formula is C17H15F3N4O. The van der Waals surface area contributed by atoms with Crippen molar-refractivity contribution in [1.29, 1.82) is 10.7 Å². The molecule has 3 rings (SSSR count). The molecule has 0 bridgehead atoms. The Morgan fingerprint density at radius 3 is 2.72 bits per heavy atom. The summed E-state index contributed by atoms with van der Waals surface area (Å²) in [5.74, 6) is -2.43. The summed E-state index contributed by atoms with van der Waals surface area (Å²) in [6.07, 6.45) is -3.26. The number of nitrogens with one attached hydrogen (secondary N) is 2. The summed E-state index contributed by atoms with van der Waals surface area (Å²) in [6, 6.07) is 7.07. The van der Waals surface area contributed by atoms with E-state index >= 15 is 0 Å². The molecular weight excluding hydrogens is 333 g/mol. The Bertz CT molecular complexity index is 850. The zero-order chi connectivity index (χ0) is 18.2. The van der Waals surface area contributed by atoms with Crippen LogP contribution < -0.4 is 4.74 Å². The van der Waals surface area contributed by atoms with Crippen molar-refractivity contribution in [2.75, 3.05) is 0 Å². The number of hydrogen-bond acceptors (Lipinski definition) is 4. The fourth-order valence-electron chi connectivity index (χ4n) is 3.19. The van der Waals surface area contributed by atoms with Crippen LogP contribution in [0.2, 0.25) is 0 Å². The first-order valence-electron chi connectivity index (χ1n) is 7.77. The smallest absolute Gasteiger partial charge is 0.416 e. The summed E-state index contributed by atoms with van der Waals surface area (Å²) in [7, 11) is 0. The van der Waals surface area contributed by atoms with E-state index in [1.54, 1.807) is 0 Å². The number of aromatic amines is 1. The van der Waals surface area contributed by atoms with E-state index in [1.165, 1.54) is 18.2 Å². The molecule has 2 atom stereocenters. The summed E-state index contributed by atoms with van der Waals surface area (Å²) in [5, 5.41) is 24.2. The van der Waals surface area contributed by atoms with Crippen molar-refractivity contribution in [2.24, 2.45) is 5.92 Å². The van der Waals surface area contributed by atoms with Crippen LogP contribution in [0.25, 0.3) is 0 Å². The molecule has 1 aromatic heterocycles. The van der Waals surface area contributed by atoms with E-state index in [9.17, 15) is 18.4 Å². The maximum atomic E-state index is 13.5. The molecule has 0 radical (unpaired) electrons. The lowest BCUT2D eigenvalue weighted by Crippen LogP contribution is -2.32. The molecule has 8 heteroatoms. The number of nitriles is 1. The van der Waals surface area contributed by atoms with Gasteiger partial charge < -0.3 is 4.74 Å². The Labute approximate surface area is 141 Å². The van der Waals surface area contributed by atoms with Gasteiger partial charge in [0, 0.05) is 17.2 Å². The van der Waals surface area contributed by atoms with Crippen molar-refractivity contribution in [3.05, 3.63) is 46.6 Å². The van der Waals surface area contributed by atoms with Crippen molar-refractivity contribution in [2.45, 2.75) is 31.9 Å². The van der Waals surface area contributed by atoms with Crippen molar-refractivity contribution < 1.29 is 17.9 Å². The standard InChI is InChI=1S/C17H15F3N4O/c1-2-5-12-14-13(9-6-3-4-7-11(9)17(18,19)20)10(8-21)15(22)25-16(14)24-23-12/h3-4,6-7,10,13,22H,2,5H2,1H3,(H,23,24). The topological polar surface area (TPSA) is 85.5 Å². The molecule has 25 heavy (non-hydrogen) atoms. The van der Waals surface area contributed by atoms with Crippen LogP contribution in [0.5, 0.6) is 5.88 Å². The molecule has 0 fully saturated rings. The normalized spacial score (nSPS) is 19.9. The highest BCUT2D eigenvalue weighted by molar-refractivity contribution is 5.85. The number of fused-ring (bicyclic) bond motifs is 1. The molecule has 130 valence electrons. The molecule has 2 unspecified atom stereocenters. The SMILES string of the molecule is CCCc1[nH]nc2c1C(c1ccccc1C(F)(F)F)C(C#N)C(=N)O2. The van der Waals surface area contributed by atoms with Gasteiger partial charge in [-0.1, -0.05) is 31.5 Å². The predicted octanol–water partition coefficient (Wildman–Crippen LogP) is 4.02. The van der Waals surface area contributed by atoms with E-state index in [2.05, 4.69) is 10.2 Å². The van der Waals surface area contributed by atoms with Crippen LogP contribution in [-0.2, 0) is 12.6 Å². The third kappa shape index (κ3) is 2.86. The van der Waals surface area contributed by atoms with Gasteiger partial charge >= 0.3 is 6.18 Å². The number of hydrogen-bond donors (Lipinski definition) is 2. The number of benzene rings is 1. The maximum absolute atomic E-state index is 13.5. The molecule has 1 aliphatic rings. The van der Waals surface area contributed by atoms with E-state index in [-0.39, 0.29) is 11.4 Å². The number of aryl methyl sites for hydroxylation is 1. The third-order valence-corrected chi connectivity index (χ3v) is 4.22. The van der Waals surface area contributed by atoms with Gasteiger partial charge in [0.1, 0.15) is 5.92 Å². The Balaban J connectivity index is 2.26. The molecule has 0 saturated carbocycles. The number of H-pyrrole nitrogens is 1. The predicted molar refractivity (Wildman–Crippen MR) is 83.3 cm³/mol. The van der Waals surface area contributed by atoms with Gasteiger partial charge in [0.05, 0.1) is 11.6 Å². The van der Waals surface area contributed by atoms with Gasteiger partial charge in [0.25, 0.3) is 0 Å². The highest BCUT2D eigenvalue weighted by Gasteiger charge is 2.44. The Hall–Kier alpha value is -2.82. The lowest BCUT2D eigenvalue weighted by atomic mass is 9.77. The lowest BCUT2D eigenvalue weighted by molar-refractivity contribution is -0.138. The van der Waals surface area contributed by atoms with Gasteiger partial charge in [0.2, 0.25) is 11.8 Å². The zero-order valence-corrected chi connectivity index (χ0v) is 13.3. The number of alkyl halides is 3. The Morgan fingerprint density at radius 2 is 2.08 bits per heavy atom. The minimum Gasteiger partial charge on any atom is -0.422 e. The summed E-state index contributed by atoms with van der Waals surface area (Å²) in [5.41, 5.74) is 0.201. The monoisotopic (exact) mass is 348 g/mol. The fourth-order valence-corrected chi connectivity index (χ4v) is 3.19. The Kier molecular flexibility index (Phi) is 4.25. The van der Waals surface area contributed by atoms with Crippen molar-refractivity contribution in [3.63, 3.8) is 0 Å². The quantitative estimate of drug-likeness (QED) is 0.878. The highest BCUT2D eigenvalue weighted by atomic mass is 19.4. The van der Waals surface area contributed by atoms with Crippen molar-refractivity contribution in [1.82, 2.24) is 10.2 Å². The zero-order valence-electron chi connectivity index (χ0n) is 13.3. The van der Waals surface area contributed by atoms with E-state index < -0.39 is 29.5 Å². The van der Waals surface area contributed by atoms with Gasteiger partial charge in [0.15, 0.2) is 0 Å². The second-order valence-electron chi connectivity index (χ2n) is 5.81. The molecule has 2 N–H and O–H groups in total. The molecule has 2 aromatic rings. The first kappa shape index (κ1) is 17.0. The van der Waals surface area contributed by atoms with Crippen LogP contribution in [0, 0.1) is 22.7 Å². The van der Waals surface area contributed by atoms with Gasteiger partial charge in [-0.3, -0.25) is 10.5 Å². The number of nitrogens with zero attached hydrogens (tertiary/aromatic N) is 2.